The van der Waals surface area contributed by atoms with Crippen LogP contribution in [-0.4, -0.2) is 27.1 Å². The molecule has 5 nitrogen and oxygen atoms in total. The van der Waals surface area contributed by atoms with E-state index in [1.807, 2.05) is 6.07 Å². The molecule has 2 aromatic rings. The molecule has 0 radical (unpaired) electrons. The molecular weight excluding hydrogens is 306 g/mol. The lowest BCUT2D eigenvalue weighted by atomic mass is 10.1. The SMILES string of the molecule is COc1ccc(C=CC(=O)c2ccc(C#N)cc2)c(OC)c1OC. The summed E-state index contributed by atoms with van der Waals surface area (Å²) in [5.41, 5.74) is 1.71. The van der Waals surface area contributed by atoms with Crippen LogP contribution in [0.25, 0.3) is 6.08 Å². The summed E-state index contributed by atoms with van der Waals surface area (Å²) < 4.78 is 15.9. The number of methoxy groups -OCH3 is 3. The van der Waals surface area contributed by atoms with Crippen molar-refractivity contribution in [2.24, 2.45) is 0 Å². The van der Waals surface area contributed by atoms with E-state index in [2.05, 4.69) is 0 Å². The van der Waals surface area contributed by atoms with E-state index in [0.29, 0.717) is 33.9 Å². The van der Waals surface area contributed by atoms with Crippen LogP contribution in [0.4, 0.5) is 0 Å². The molecule has 0 aliphatic heterocycles. The van der Waals surface area contributed by atoms with Crippen molar-refractivity contribution in [3.05, 3.63) is 59.2 Å². The van der Waals surface area contributed by atoms with Gasteiger partial charge < -0.3 is 14.2 Å². The largest absolute Gasteiger partial charge is 0.493 e. The van der Waals surface area contributed by atoms with Crippen LogP contribution in [0.2, 0.25) is 0 Å². The molecule has 0 saturated heterocycles. The fraction of sp³-hybridized carbons (Fsp3) is 0.158. The van der Waals surface area contributed by atoms with Crippen LogP contribution in [-0.2, 0) is 0 Å². The molecule has 0 saturated carbocycles. The fourth-order valence-corrected chi connectivity index (χ4v) is 2.23. The maximum atomic E-state index is 12.2. The number of nitriles is 1. The smallest absolute Gasteiger partial charge is 0.203 e. The number of ketones is 1. The molecule has 0 fully saturated rings. The number of ether oxygens (including phenoxy) is 3. The second-order valence-electron chi connectivity index (χ2n) is 4.81. The molecule has 0 N–H and O–H groups in total. The van der Waals surface area contributed by atoms with Gasteiger partial charge >= 0.3 is 0 Å². The first-order valence-electron chi connectivity index (χ1n) is 7.16. The summed E-state index contributed by atoms with van der Waals surface area (Å²) >= 11 is 0. The molecule has 0 atom stereocenters. The quantitative estimate of drug-likeness (QED) is 0.601. The van der Waals surface area contributed by atoms with Crippen molar-refractivity contribution < 1.29 is 19.0 Å². The standard InChI is InChI=1S/C19H17NO4/c1-22-17-11-9-15(18(23-2)19(17)24-3)8-10-16(21)14-6-4-13(12-20)5-7-14/h4-11H,1-3H3. The maximum absolute atomic E-state index is 12.2. The van der Waals surface area contributed by atoms with Crippen LogP contribution < -0.4 is 14.2 Å². The first-order chi connectivity index (χ1) is 11.6. The van der Waals surface area contributed by atoms with E-state index < -0.39 is 0 Å². The van der Waals surface area contributed by atoms with Gasteiger partial charge in [-0.2, -0.15) is 5.26 Å². The van der Waals surface area contributed by atoms with E-state index >= 15 is 0 Å². The van der Waals surface area contributed by atoms with Crippen LogP contribution in [0.3, 0.4) is 0 Å². The minimum Gasteiger partial charge on any atom is -0.493 e. The Morgan fingerprint density at radius 2 is 1.62 bits per heavy atom. The Hall–Kier alpha value is -3.26. The first-order valence-corrected chi connectivity index (χ1v) is 7.16. The van der Waals surface area contributed by atoms with E-state index in [0.717, 1.165) is 0 Å². The summed E-state index contributed by atoms with van der Waals surface area (Å²) in [6.07, 6.45) is 3.10. The number of carbonyl (C=O) groups excluding carboxylic acids is 1. The molecule has 0 aliphatic carbocycles. The highest BCUT2D eigenvalue weighted by atomic mass is 16.5. The summed E-state index contributed by atoms with van der Waals surface area (Å²) in [6.45, 7) is 0. The van der Waals surface area contributed by atoms with Gasteiger partial charge in [0.05, 0.1) is 33.0 Å². The molecule has 0 heterocycles. The molecular formula is C19H17NO4. The van der Waals surface area contributed by atoms with E-state index in [9.17, 15) is 4.79 Å². The molecule has 0 aliphatic rings. The molecule has 5 heteroatoms. The van der Waals surface area contributed by atoms with Gasteiger partial charge in [0.1, 0.15) is 0 Å². The Morgan fingerprint density at radius 1 is 0.958 bits per heavy atom. The van der Waals surface area contributed by atoms with Gasteiger partial charge in [0, 0.05) is 11.1 Å². The Kier molecular flexibility index (Phi) is 5.58. The second kappa shape index (κ2) is 7.84. The zero-order chi connectivity index (χ0) is 17.5. The van der Waals surface area contributed by atoms with Gasteiger partial charge in [-0.15, -0.1) is 0 Å². The number of allylic oxidation sites excluding steroid dienone is 1. The average molecular weight is 323 g/mol. The predicted molar refractivity (Wildman–Crippen MR) is 90.6 cm³/mol. The highest BCUT2D eigenvalue weighted by Gasteiger charge is 2.14. The zero-order valence-corrected chi connectivity index (χ0v) is 13.7. The summed E-state index contributed by atoms with van der Waals surface area (Å²) in [5, 5.41) is 8.78. The fourth-order valence-electron chi connectivity index (χ4n) is 2.23. The van der Waals surface area contributed by atoms with Crippen molar-refractivity contribution >= 4 is 11.9 Å². The van der Waals surface area contributed by atoms with Crippen molar-refractivity contribution in [3.8, 4) is 23.3 Å². The molecule has 0 bridgehead atoms. The Bertz CT molecular complexity index is 801. The minimum absolute atomic E-state index is 0.170. The van der Waals surface area contributed by atoms with Crippen molar-refractivity contribution in [2.75, 3.05) is 21.3 Å². The van der Waals surface area contributed by atoms with E-state index in [1.165, 1.54) is 20.3 Å². The molecule has 2 aromatic carbocycles. The molecule has 0 spiro atoms. The number of rotatable bonds is 6. The van der Waals surface area contributed by atoms with Gasteiger partial charge in [0.2, 0.25) is 5.75 Å². The summed E-state index contributed by atoms with van der Waals surface area (Å²) in [7, 11) is 4.59. The lowest BCUT2D eigenvalue weighted by Crippen LogP contribution is -1.97. The van der Waals surface area contributed by atoms with Crippen LogP contribution in [0, 0.1) is 11.3 Å². The Labute approximate surface area is 140 Å². The van der Waals surface area contributed by atoms with Gasteiger partial charge in [0.25, 0.3) is 0 Å². The normalized spacial score (nSPS) is 10.2. The molecule has 2 rings (SSSR count). The number of nitrogens with zero attached hydrogens (tertiary/aromatic N) is 1. The van der Waals surface area contributed by atoms with Gasteiger partial charge in [-0.3, -0.25) is 4.79 Å². The Balaban J connectivity index is 2.30. The third-order valence-electron chi connectivity index (χ3n) is 3.45. The van der Waals surface area contributed by atoms with Crippen molar-refractivity contribution in [1.29, 1.82) is 5.26 Å². The lowest BCUT2D eigenvalue weighted by Gasteiger charge is -2.13. The first kappa shape index (κ1) is 17.1. The van der Waals surface area contributed by atoms with E-state index in [1.54, 1.807) is 49.6 Å². The number of benzene rings is 2. The van der Waals surface area contributed by atoms with Crippen LogP contribution in [0.5, 0.6) is 17.2 Å². The number of carbonyl (C=O) groups is 1. The molecule has 0 aromatic heterocycles. The zero-order valence-electron chi connectivity index (χ0n) is 13.7. The van der Waals surface area contributed by atoms with Gasteiger partial charge in [-0.1, -0.05) is 0 Å². The molecule has 122 valence electrons. The van der Waals surface area contributed by atoms with Gasteiger partial charge in [0.15, 0.2) is 17.3 Å². The van der Waals surface area contributed by atoms with Crippen LogP contribution >= 0.6 is 0 Å². The highest BCUT2D eigenvalue weighted by Crippen LogP contribution is 2.40. The molecule has 0 amide bonds. The average Bonchev–Trinajstić information content (AvgIpc) is 2.64. The Morgan fingerprint density at radius 3 is 2.17 bits per heavy atom. The van der Waals surface area contributed by atoms with E-state index in [-0.39, 0.29) is 5.78 Å². The highest BCUT2D eigenvalue weighted by molar-refractivity contribution is 6.07. The van der Waals surface area contributed by atoms with Crippen molar-refractivity contribution in [3.63, 3.8) is 0 Å². The maximum Gasteiger partial charge on any atom is 0.203 e. The summed E-state index contributed by atoms with van der Waals surface area (Å²) in [5.74, 6) is 1.33. The molecule has 24 heavy (non-hydrogen) atoms. The van der Waals surface area contributed by atoms with Crippen molar-refractivity contribution in [2.45, 2.75) is 0 Å². The third-order valence-corrected chi connectivity index (χ3v) is 3.45. The molecule has 0 unspecified atom stereocenters. The lowest BCUT2D eigenvalue weighted by molar-refractivity contribution is 0.104. The van der Waals surface area contributed by atoms with Crippen LogP contribution in [0.1, 0.15) is 21.5 Å². The van der Waals surface area contributed by atoms with E-state index in [4.69, 9.17) is 19.5 Å². The van der Waals surface area contributed by atoms with Crippen molar-refractivity contribution in [1.82, 2.24) is 0 Å². The van der Waals surface area contributed by atoms with Gasteiger partial charge in [-0.05, 0) is 48.6 Å². The summed E-state index contributed by atoms with van der Waals surface area (Å²) in [6, 6.07) is 12.0. The van der Waals surface area contributed by atoms with Gasteiger partial charge in [-0.25, -0.2) is 0 Å². The number of hydrogen-bond acceptors (Lipinski definition) is 5. The third kappa shape index (κ3) is 3.55. The topological polar surface area (TPSA) is 68.6 Å². The number of hydrogen-bond donors (Lipinski definition) is 0. The van der Waals surface area contributed by atoms with Crippen LogP contribution in [0.15, 0.2) is 42.5 Å². The predicted octanol–water partition coefficient (Wildman–Crippen LogP) is 3.48. The minimum atomic E-state index is -0.170. The second-order valence-corrected chi connectivity index (χ2v) is 4.81. The summed E-state index contributed by atoms with van der Waals surface area (Å²) in [4.78, 5) is 12.2. The monoisotopic (exact) mass is 323 g/mol.